The molecular formula is C25H27FN4O3. The van der Waals surface area contributed by atoms with E-state index in [0.29, 0.717) is 11.6 Å². The maximum absolute atomic E-state index is 13.8. The Morgan fingerprint density at radius 3 is 2.64 bits per heavy atom. The summed E-state index contributed by atoms with van der Waals surface area (Å²) in [6.07, 6.45) is 6.72. The molecule has 3 N–H and O–H groups in total. The van der Waals surface area contributed by atoms with Gasteiger partial charge in [0, 0.05) is 17.5 Å². The molecule has 0 spiro atoms. The number of ether oxygens (including phenoxy) is 1. The van der Waals surface area contributed by atoms with E-state index in [0.717, 1.165) is 42.1 Å². The van der Waals surface area contributed by atoms with Gasteiger partial charge in [0.25, 0.3) is 0 Å². The van der Waals surface area contributed by atoms with Crippen molar-refractivity contribution in [1.82, 2.24) is 9.97 Å². The summed E-state index contributed by atoms with van der Waals surface area (Å²) in [5, 5.41) is 3.70. The van der Waals surface area contributed by atoms with Crippen LogP contribution in [0.1, 0.15) is 54.6 Å². The van der Waals surface area contributed by atoms with Crippen LogP contribution in [0.5, 0.6) is 0 Å². The van der Waals surface area contributed by atoms with Crippen LogP contribution in [0.3, 0.4) is 0 Å². The van der Waals surface area contributed by atoms with Gasteiger partial charge < -0.3 is 15.8 Å². The third kappa shape index (κ3) is 4.79. The van der Waals surface area contributed by atoms with E-state index < -0.39 is 5.97 Å². The van der Waals surface area contributed by atoms with E-state index in [4.69, 9.17) is 5.73 Å². The van der Waals surface area contributed by atoms with Gasteiger partial charge in [0.05, 0.1) is 30.2 Å². The number of halogens is 1. The Balaban J connectivity index is 1.42. The first-order valence-electron chi connectivity index (χ1n) is 11.1. The normalized spacial score (nSPS) is 19.1. The van der Waals surface area contributed by atoms with E-state index in [-0.39, 0.29) is 34.9 Å². The summed E-state index contributed by atoms with van der Waals surface area (Å²) in [4.78, 5) is 32.9. The SMILES string of the molecule is COC(=O)c1cc(NC(=O)[C@H](C)C2CCC(c3ccnc4ccc(F)cc34)CC2)c(N)cn1. The number of fused-ring (bicyclic) bond motifs is 1. The second-order valence-corrected chi connectivity index (χ2v) is 8.60. The Morgan fingerprint density at radius 1 is 1.15 bits per heavy atom. The number of amides is 1. The van der Waals surface area contributed by atoms with Crippen LogP contribution in [0.15, 0.2) is 42.7 Å². The van der Waals surface area contributed by atoms with Gasteiger partial charge in [-0.2, -0.15) is 0 Å². The number of pyridine rings is 2. The van der Waals surface area contributed by atoms with E-state index in [1.807, 2.05) is 13.0 Å². The minimum Gasteiger partial charge on any atom is -0.464 e. The van der Waals surface area contributed by atoms with Crippen molar-refractivity contribution < 1.29 is 18.7 Å². The second-order valence-electron chi connectivity index (χ2n) is 8.60. The maximum atomic E-state index is 13.8. The highest BCUT2D eigenvalue weighted by atomic mass is 19.1. The highest BCUT2D eigenvalue weighted by Gasteiger charge is 2.30. The van der Waals surface area contributed by atoms with Crippen molar-refractivity contribution >= 4 is 34.2 Å². The number of benzene rings is 1. The number of esters is 1. The Bertz CT molecular complexity index is 1190. The number of carbonyl (C=O) groups is 2. The predicted octanol–water partition coefficient (Wildman–Crippen LogP) is 4.69. The summed E-state index contributed by atoms with van der Waals surface area (Å²) in [6.45, 7) is 1.91. The lowest BCUT2D eigenvalue weighted by Crippen LogP contribution is -2.30. The van der Waals surface area contributed by atoms with Gasteiger partial charge in [0.2, 0.25) is 5.91 Å². The molecule has 1 fully saturated rings. The highest BCUT2D eigenvalue weighted by molar-refractivity contribution is 5.97. The molecule has 2 aromatic heterocycles. The van der Waals surface area contributed by atoms with Crippen molar-refractivity contribution in [1.29, 1.82) is 0 Å². The molecule has 33 heavy (non-hydrogen) atoms. The number of carbonyl (C=O) groups excluding carboxylic acids is 2. The van der Waals surface area contributed by atoms with E-state index in [1.54, 1.807) is 18.3 Å². The van der Waals surface area contributed by atoms with Gasteiger partial charge in [0.15, 0.2) is 5.69 Å². The molecule has 7 nitrogen and oxygen atoms in total. The Labute approximate surface area is 191 Å². The first kappa shape index (κ1) is 22.6. The molecule has 1 aliphatic carbocycles. The van der Waals surface area contributed by atoms with Crippen molar-refractivity contribution in [3.8, 4) is 0 Å². The molecule has 1 saturated carbocycles. The highest BCUT2D eigenvalue weighted by Crippen LogP contribution is 2.41. The fraction of sp³-hybridized carbons (Fsp3) is 0.360. The number of nitrogens with one attached hydrogen (secondary N) is 1. The minimum atomic E-state index is -0.597. The summed E-state index contributed by atoms with van der Waals surface area (Å²) >= 11 is 0. The molecule has 2 heterocycles. The van der Waals surface area contributed by atoms with E-state index in [2.05, 4.69) is 20.0 Å². The smallest absolute Gasteiger partial charge is 0.356 e. The van der Waals surface area contributed by atoms with Gasteiger partial charge in [-0.15, -0.1) is 0 Å². The lowest BCUT2D eigenvalue weighted by Gasteiger charge is -2.32. The molecule has 1 atom stereocenters. The third-order valence-corrected chi connectivity index (χ3v) is 6.66. The number of methoxy groups -OCH3 is 1. The molecular weight excluding hydrogens is 423 g/mol. The van der Waals surface area contributed by atoms with Gasteiger partial charge in [-0.05, 0) is 73.4 Å². The zero-order chi connectivity index (χ0) is 23.5. The topological polar surface area (TPSA) is 107 Å². The molecule has 172 valence electrons. The molecule has 0 radical (unpaired) electrons. The molecule has 0 saturated heterocycles. The number of nitrogens with two attached hydrogens (primary N) is 1. The standard InChI is InChI=1S/C25H27FN4O3/c1-14(24(31)30-22-12-23(25(32)33-2)29-13-20(22)27)15-3-5-16(6-4-15)18-9-10-28-21-8-7-17(26)11-19(18)21/h7-16H,3-6,27H2,1-2H3,(H,29,30,31)/t14-,15?,16?/m1/s1. The fourth-order valence-corrected chi connectivity index (χ4v) is 4.68. The molecule has 8 heteroatoms. The van der Waals surface area contributed by atoms with Crippen LogP contribution in [0, 0.1) is 17.7 Å². The Morgan fingerprint density at radius 2 is 1.91 bits per heavy atom. The van der Waals surface area contributed by atoms with Gasteiger partial charge in [-0.25, -0.2) is 14.2 Å². The number of nitrogen functional groups attached to an aromatic ring is 1. The molecule has 0 unspecified atom stereocenters. The summed E-state index contributed by atoms with van der Waals surface area (Å²) < 4.78 is 18.5. The lowest BCUT2D eigenvalue weighted by atomic mass is 9.73. The maximum Gasteiger partial charge on any atom is 0.356 e. The zero-order valence-corrected chi connectivity index (χ0v) is 18.7. The monoisotopic (exact) mass is 450 g/mol. The summed E-state index contributed by atoms with van der Waals surface area (Å²) in [5.74, 6) is -0.714. The zero-order valence-electron chi connectivity index (χ0n) is 18.7. The van der Waals surface area contributed by atoms with Crippen LogP contribution < -0.4 is 11.1 Å². The molecule has 4 rings (SSSR count). The van der Waals surface area contributed by atoms with Crippen molar-refractivity contribution in [3.05, 3.63) is 59.8 Å². The Hall–Kier alpha value is -3.55. The average molecular weight is 451 g/mol. The number of anilines is 2. The second kappa shape index (κ2) is 9.52. The van der Waals surface area contributed by atoms with Gasteiger partial charge in [-0.3, -0.25) is 9.78 Å². The van der Waals surface area contributed by atoms with Crippen LogP contribution in [0.25, 0.3) is 10.9 Å². The molecule has 1 amide bonds. The van der Waals surface area contributed by atoms with Crippen LogP contribution in [-0.2, 0) is 9.53 Å². The summed E-state index contributed by atoms with van der Waals surface area (Å²) in [5.41, 5.74) is 8.56. The van der Waals surface area contributed by atoms with Gasteiger partial charge in [0.1, 0.15) is 5.82 Å². The number of hydrogen-bond acceptors (Lipinski definition) is 6. The van der Waals surface area contributed by atoms with Crippen molar-refractivity contribution in [3.63, 3.8) is 0 Å². The number of hydrogen-bond donors (Lipinski definition) is 2. The van der Waals surface area contributed by atoms with E-state index in [9.17, 15) is 14.0 Å². The number of nitrogens with zero attached hydrogens (tertiary/aromatic N) is 2. The van der Waals surface area contributed by atoms with Crippen molar-refractivity contribution in [2.45, 2.75) is 38.5 Å². The fourth-order valence-electron chi connectivity index (χ4n) is 4.68. The first-order chi connectivity index (χ1) is 15.9. The summed E-state index contributed by atoms with van der Waals surface area (Å²) in [6, 6.07) is 8.11. The van der Waals surface area contributed by atoms with Crippen molar-refractivity contribution in [2.24, 2.45) is 11.8 Å². The number of aromatic nitrogens is 2. The van der Waals surface area contributed by atoms with Crippen LogP contribution in [0.2, 0.25) is 0 Å². The van der Waals surface area contributed by atoms with Gasteiger partial charge in [-0.1, -0.05) is 6.92 Å². The largest absolute Gasteiger partial charge is 0.464 e. The number of rotatable bonds is 5. The molecule has 1 aliphatic rings. The molecule has 1 aromatic carbocycles. The minimum absolute atomic E-state index is 0.0798. The molecule has 0 bridgehead atoms. The van der Waals surface area contributed by atoms with Crippen LogP contribution in [-0.4, -0.2) is 29.0 Å². The van der Waals surface area contributed by atoms with Crippen LogP contribution in [0.4, 0.5) is 15.8 Å². The van der Waals surface area contributed by atoms with E-state index in [1.165, 1.54) is 25.4 Å². The third-order valence-electron chi connectivity index (χ3n) is 6.66. The lowest BCUT2D eigenvalue weighted by molar-refractivity contribution is -0.121. The predicted molar refractivity (Wildman–Crippen MR) is 124 cm³/mol. The van der Waals surface area contributed by atoms with Gasteiger partial charge >= 0.3 is 5.97 Å². The van der Waals surface area contributed by atoms with E-state index >= 15 is 0 Å². The molecule has 0 aliphatic heterocycles. The van der Waals surface area contributed by atoms with Crippen molar-refractivity contribution in [2.75, 3.05) is 18.2 Å². The average Bonchev–Trinajstić information content (AvgIpc) is 2.84. The Kier molecular flexibility index (Phi) is 6.53. The summed E-state index contributed by atoms with van der Waals surface area (Å²) in [7, 11) is 1.27. The molecule has 3 aromatic rings. The quantitative estimate of drug-likeness (QED) is 0.546. The first-order valence-corrected chi connectivity index (χ1v) is 11.1. The van der Waals surface area contributed by atoms with Crippen LogP contribution >= 0.6 is 0 Å².